The minimum Gasteiger partial charge on any atom is -0.0651 e. The van der Waals surface area contributed by atoms with E-state index in [4.69, 9.17) is 0 Å². The summed E-state index contributed by atoms with van der Waals surface area (Å²) >= 11 is 0. The molecule has 0 aromatic carbocycles. The van der Waals surface area contributed by atoms with Crippen LogP contribution in [0.2, 0.25) is 0 Å². The van der Waals surface area contributed by atoms with Gasteiger partial charge in [0.05, 0.1) is 0 Å². The van der Waals surface area contributed by atoms with Crippen LogP contribution in [0.5, 0.6) is 0 Å². The second kappa shape index (κ2) is 2.02. The van der Waals surface area contributed by atoms with Crippen molar-refractivity contribution in [3.05, 3.63) is 0 Å². The summed E-state index contributed by atoms with van der Waals surface area (Å²) in [5.74, 6) is 5.92. The van der Waals surface area contributed by atoms with Gasteiger partial charge in [-0.3, -0.25) is 0 Å². The zero-order valence-electron chi connectivity index (χ0n) is 7.42. The highest BCUT2D eigenvalue weighted by Crippen LogP contribution is 2.64. The van der Waals surface area contributed by atoms with Crippen LogP contribution >= 0.6 is 0 Å². The van der Waals surface area contributed by atoms with E-state index >= 15 is 0 Å². The monoisotopic (exact) mass is 150 g/mol. The van der Waals surface area contributed by atoms with Gasteiger partial charge < -0.3 is 0 Å². The second-order valence-electron chi connectivity index (χ2n) is 4.97. The van der Waals surface area contributed by atoms with E-state index < -0.39 is 0 Å². The summed E-state index contributed by atoms with van der Waals surface area (Å²) in [5, 5.41) is 0. The lowest BCUT2D eigenvalue weighted by Crippen LogP contribution is -2.33. The van der Waals surface area contributed by atoms with Crippen molar-refractivity contribution >= 4 is 0 Å². The molecule has 0 heterocycles. The molecular weight excluding hydrogens is 132 g/mol. The van der Waals surface area contributed by atoms with Crippen molar-refractivity contribution in [1.82, 2.24) is 0 Å². The molecule has 62 valence electrons. The summed E-state index contributed by atoms with van der Waals surface area (Å²) < 4.78 is 0. The first-order valence-electron chi connectivity index (χ1n) is 5.40. The third-order valence-electron chi connectivity index (χ3n) is 4.65. The lowest BCUT2D eigenvalue weighted by atomic mass is 9.64. The molecule has 0 N–H and O–H groups in total. The Morgan fingerprint density at radius 1 is 1.00 bits per heavy atom. The highest BCUT2D eigenvalue weighted by molar-refractivity contribution is 5.05. The van der Waals surface area contributed by atoms with E-state index in [0.717, 1.165) is 5.92 Å². The first-order valence-corrected chi connectivity index (χ1v) is 5.40. The maximum Gasteiger partial charge on any atom is -0.0349 e. The molecule has 4 aliphatic rings. The zero-order chi connectivity index (χ0) is 7.42. The average molecular weight is 150 g/mol. The molecule has 0 spiro atoms. The summed E-state index contributed by atoms with van der Waals surface area (Å²) in [4.78, 5) is 0. The fraction of sp³-hybridized carbons (Fsp3) is 1.00. The van der Waals surface area contributed by atoms with Gasteiger partial charge in [0.1, 0.15) is 0 Å². The average Bonchev–Trinajstić information content (AvgIpc) is 2.84. The Balaban J connectivity index is 1.84. The Morgan fingerprint density at radius 3 is 2.64 bits per heavy atom. The fourth-order valence-electron chi connectivity index (χ4n) is 4.02. The maximum absolute atomic E-state index is 2.39. The summed E-state index contributed by atoms with van der Waals surface area (Å²) in [6.07, 6.45) is 7.85. The van der Waals surface area contributed by atoms with E-state index in [9.17, 15) is 0 Å². The highest BCUT2D eigenvalue weighted by atomic mass is 14.6. The number of fused-ring (bicyclic) bond motifs is 2. The van der Waals surface area contributed by atoms with E-state index in [2.05, 4.69) is 6.92 Å². The SMILES string of the molecule is CCC1CC2CCC1C1CC21. The van der Waals surface area contributed by atoms with Crippen molar-refractivity contribution in [2.75, 3.05) is 0 Å². The smallest absolute Gasteiger partial charge is 0.0349 e. The third-order valence-corrected chi connectivity index (χ3v) is 4.65. The Bertz CT molecular complexity index is 173. The van der Waals surface area contributed by atoms with Crippen molar-refractivity contribution in [1.29, 1.82) is 0 Å². The van der Waals surface area contributed by atoms with Gasteiger partial charge in [-0.15, -0.1) is 0 Å². The minimum atomic E-state index is 1.14. The van der Waals surface area contributed by atoms with E-state index in [1.807, 2.05) is 0 Å². The predicted molar refractivity (Wildman–Crippen MR) is 46.2 cm³/mol. The molecule has 0 radical (unpaired) electrons. The van der Waals surface area contributed by atoms with Crippen LogP contribution in [0.25, 0.3) is 0 Å². The first-order chi connectivity index (χ1) is 5.40. The molecular formula is C11H18. The Kier molecular flexibility index (Phi) is 1.20. The summed E-state index contributed by atoms with van der Waals surface area (Å²) in [6.45, 7) is 2.39. The topological polar surface area (TPSA) is 0 Å². The van der Waals surface area contributed by atoms with E-state index in [0.29, 0.717) is 0 Å². The van der Waals surface area contributed by atoms with Crippen LogP contribution in [0.4, 0.5) is 0 Å². The molecule has 5 unspecified atom stereocenters. The molecule has 0 nitrogen and oxygen atoms in total. The first kappa shape index (κ1) is 6.51. The second-order valence-corrected chi connectivity index (χ2v) is 4.97. The van der Waals surface area contributed by atoms with Gasteiger partial charge in [0.2, 0.25) is 0 Å². The highest BCUT2D eigenvalue weighted by Gasteiger charge is 2.56. The molecule has 0 saturated heterocycles. The molecule has 4 rings (SSSR count). The van der Waals surface area contributed by atoms with E-state index in [1.165, 1.54) is 30.1 Å². The summed E-state index contributed by atoms with van der Waals surface area (Å²) in [7, 11) is 0. The normalized spacial score (nSPS) is 59.2. The van der Waals surface area contributed by atoms with Gasteiger partial charge in [0, 0.05) is 0 Å². The van der Waals surface area contributed by atoms with Gasteiger partial charge in [-0.1, -0.05) is 13.3 Å². The number of hydrogen-bond acceptors (Lipinski definition) is 0. The molecule has 5 atom stereocenters. The van der Waals surface area contributed by atoms with E-state index in [-0.39, 0.29) is 0 Å². The van der Waals surface area contributed by atoms with Crippen molar-refractivity contribution in [3.63, 3.8) is 0 Å². The summed E-state index contributed by atoms with van der Waals surface area (Å²) in [5.41, 5.74) is 0. The van der Waals surface area contributed by atoms with Crippen molar-refractivity contribution in [3.8, 4) is 0 Å². The van der Waals surface area contributed by atoms with Crippen LogP contribution in [0.3, 0.4) is 0 Å². The van der Waals surface area contributed by atoms with Gasteiger partial charge in [0.15, 0.2) is 0 Å². The van der Waals surface area contributed by atoms with Gasteiger partial charge >= 0.3 is 0 Å². The molecule has 0 aromatic rings. The van der Waals surface area contributed by atoms with Crippen molar-refractivity contribution in [2.24, 2.45) is 29.6 Å². The molecule has 4 saturated carbocycles. The van der Waals surface area contributed by atoms with Crippen LogP contribution in [-0.4, -0.2) is 0 Å². The molecule has 0 amide bonds. The predicted octanol–water partition coefficient (Wildman–Crippen LogP) is 3.08. The van der Waals surface area contributed by atoms with Crippen LogP contribution in [0, 0.1) is 29.6 Å². The number of rotatable bonds is 1. The standard InChI is InChI=1S/C11H18/c1-2-7-5-8-3-4-9(7)11-6-10(8)11/h7-11H,2-6H2,1H3. The number of hydrogen-bond donors (Lipinski definition) is 0. The summed E-state index contributed by atoms with van der Waals surface area (Å²) in [6, 6.07) is 0. The molecule has 11 heavy (non-hydrogen) atoms. The van der Waals surface area contributed by atoms with Crippen molar-refractivity contribution < 1.29 is 0 Å². The molecule has 4 fully saturated rings. The molecule has 0 aromatic heterocycles. The molecule has 4 aliphatic carbocycles. The van der Waals surface area contributed by atoms with Crippen LogP contribution in [0.1, 0.15) is 39.0 Å². The minimum absolute atomic E-state index is 1.14. The largest absolute Gasteiger partial charge is 0.0651 e. The molecule has 2 bridgehead atoms. The van der Waals surface area contributed by atoms with Gasteiger partial charge in [-0.25, -0.2) is 0 Å². The molecule has 0 aliphatic heterocycles. The quantitative estimate of drug-likeness (QED) is 0.539. The van der Waals surface area contributed by atoms with Gasteiger partial charge in [-0.05, 0) is 55.3 Å². The lowest BCUT2D eigenvalue weighted by Gasteiger charge is -2.41. The third kappa shape index (κ3) is 0.761. The maximum atomic E-state index is 2.39. The Labute approximate surface area is 69.4 Å². The van der Waals surface area contributed by atoms with Crippen molar-refractivity contribution in [2.45, 2.75) is 39.0 Å². The lowest BCUT2D eigenvalue weighted by molar-refractivity contribution is 0.0841. The van der Waals surface area contributed by atoms with E-state index in [1.54, 1.807) is 25.7 Å². The fourth-order valence-corrected chi connectivity index (χ4v) is 4.02. The van der Waals surface area contributed by atoms with Crippen LogP contribution in [0.15, 0.2) is 0 Å². The van der Waals surface area contributed by atoms with Crippen LogP contribution in [-0.2, 0) is 0 Å². The van der Waals surface area contributed by atoms with Gasteiger partial charge in [-0.2, -0.15) is 0 Å². The zero-order valence-corrected chi connectivity index (χ0v) is 7.42. The molecule has 0 heteroatoms. The van der Waals surface area contributed by atoms with Crippen LogP contribution < -0.4 is 0 Å². The Hall–Kier alpha value is 0. The van der Waals surface area contributed by atoms with Gasteiger partial charge in [0.25, 0.3) is 0 Å². The Morgan fingerprint density at radius 2 is 1.91 bits per heavy atom.